The number of carbonyl (C=O) groups excluding carboxylic acids is 3. The zero-order valence-electron chi connectivity index (χ0n) is 21.2. The minimum absolute atomic E-state index is 0.0279. The number of benzene rings is 3. The molecule has 0 saturated carbocycles. The van der Waals surface area contributed by atoms with Gasteiger partial charge in [-0.25, -0.2) is 0 Å². The summed E-state index contributed by atoms with van der Waals surface area (Å²) in [5, 5.41) is 23.9. The summed E-state index contributed by atoms with van der Waals surface area (Å²) in [5.74, 6) is -1.44. The Bertz CT molecular complexity index is 1580. The smallest absolute Gasteiger partial charge is 0.248 e. The number of aliphatic hydroxyl groups is 1. The van der Waals surface area contributed by atoms with E-state index in [0.717, 1.165) is 0 Å². The zero-order valence-corrected chi connectivity index (χ0v) is 22.0. The molecule has 11 heteroatoms. The average molecular weight is 557 g/mol. The van der Waals surface area contributed by atoms with Gasteiger partial charge in [-0.3, -0.25) is 14.4 Å². The highest BCUT2D eigenvalue weighted by molar-refractivity contribution is 6.30. The van der Waals surface area contributed by atoms with E-state index in [1.54, 1.807) is 72.8 Å². The number of aromatic nitrogens is 4. The van der Waals surface area contributed by atoms with Crippen LogP contribution in [0.1, 0.15) is 32.6 Å². The van der Waals surface area contributed by atoms with Crippen LogP contribution in [0.4, 0.5) is 0 Å². The number of hydrogen-bond acceptors (Lipinski definition) is 7. The third-order valence-electron chi connectivity index (χ3n) is 6.02. The van der Waals surface area contributed by atoms with Gasteiger partial charge in [0.2, 0.25) is 11.8 Å². The quantitative estimate of drug-likeness (QED) is 0.189. The first kappa shape index (κ1) is 27.9. The van der Waals surface area contributed by atoms with E-state index in [4.69, 9.17) is 17.3 Å². The number of Topliss-reactive ketones (excluding diaryl/α,β-unsaturated/α-hetero) is 1. The van der Waals surface area contributed by atoms with Gasteiger partial charge in [0.25, 0.3) is 0 Å². The van der Waals surface area contributed by atoms with E-state index in [-0.39, 0.29) is 24.4 Å². The van der Waals surface area contributed by atoms with E-state index < -0.39 is 17.9 Å². The maximum Gasteiger partial charge on any atom is 0.248 e. The molecule has 1 heterocycles. The van der Waals surface area contributed by atoms with E-state index in [1.165, 1.54) is 17.1 Å². The predicted molar refractivity (Wildman–Crippen MR) is 151 cm³/mol. The van der Waals surface area contributed by atoms with Crippen molar-refractivity contribution in [2.24, 2.45) is 5.73 Å². The number of hydrogen-bond donors (Lipinski definition) is 3. The van der Waals surface area contributed by atoms with Crippen LogP contribution < -0.4 is 11.1 Å². The molecule has 0 radical (unpaired) electrons. The van der Waals surface area contributed by atoms with Gasteiger partial charge in [-0.05, 0) is 64.4 Å². The molecule has 1 aromatic heterocycles. The second kappa shape index (κ2) is 12.6. The molecule has 4 rings (SSSR count). The van der Waals surface area contributed by atoms with Gasteiger partial charge in [0.1, 0.15) is 12.1 Å². The summed E-state index contributed by atoms with van der Waals surface area (Å²) < 4.78 is 1.43. The maximum absolute atomic E-state index is 13.4. The second-order valence-corrected chi connectivity index (χ2v) is 9.34. The number of carbonyl (C=O) groups is 3. The summed E-state index contributed by atoms with van der Waals surface area (Å²) in [6, 6.07) is 17.5. The molecule has 3 aromatic carbocycles. The Labute approximate surface area is 234 Å². The summed E-state index contributed by atoms with van der Waals surface area (Å²) in [5.41, 5.74) is 8.78. The highest BCUT2D eigenvalue weighted by atomic mass is 35.5. The molecule has 0 aliphatic rings. The zero-order chi connectivity index (χ0) is 28.6. The van der Waals surface area contributed by atoms with Crippen molar-refractivity contribution in [2.75, 3.05) is 0 Å². The van der Waals surface area contributed by atoms with Crippen molar-refractivity contribution in [1.29, 1.82) is 0 Å². The Morgan fingerprint density at radius 1 is 1.05 bits per heavy atom. The lowest BCUT2D eigenvalue weighted by Crippen LogP contribution is -2.42. The number of aliphatic hydroxyl groups excluding tert-OH is 1. The van der Waals surface area contributed by atoms with Crippen LogP contribution in [0.25, 0.3) is 17.5 Å². The monoisotopic (exact) mass is 556 g/mol. The molecule has 1 atom stereocenters. The molecule has 0 unspecified atom stereocenters. The lowest BCUT2D eigenvalue weighted by Gasteiger charge is -2.18. The van der Waals surface area contributed by atoms with Crippen LogP contribution in [0.5, 0.6) is 0 Å². The molecule has 0 spiro atoms. The van der Waals surface area contributed by atoms with Crippen LogP contribution >= 0.6 is 11.6 Å². The summed E-state index contributed by atoms with van der Waals surface area (Å²) in [6.07, 6.45) is 4.42. The Hall–Kier alpha value is -5.09. The van der Waals surface area contributed by atoms with Crippen molar-refractivity contribution in [1.82, 2.24) is 25.5 Å². The first-order valence-electron chi connectivity index (χ1n) is 12.1. The summed E-state index contributed by atoms with van der Waals surface area (Å²) in [4.78, 5) is 38.0. The number of nitrogens with zero attached hydrogens (tertiary/aromatic N) is 4. The molecule has 0 aliphatic carbocycles. The predicted octanol–water partition coefficient (Wildman–Crippen LogP) is 3.50. The first-order chi connectivity index (χ1) is 19.2. The number of nitrogens with one attached hydrogen (secondary N) is 1. The lowest BCUT2D eigenvalue weighted by atomic mass is 9.96. The van der Waals surface area contributed by atoms with Crippen molar-refractivity contribution in [2.45, 2.75) is 18.9 Å². The van der Waals surface area contributed by atoms with Crippen molar-refractivity contribution >= 4 is 41.0 Å². The van der Waals surface area contributed by atoms with Gasteiger partial charge in [-0.2, -0.15) is 4.68 Å². The fraction of sp³-hybridized carbons (Fsp3) is 0.103. The van der Waals surface area contributed by atoms with Gasteiger partial charge in [-0.1, -0.05) is 54.6 Å². The minimum Gasteiger partial charge on any atom is -0.508 e. The highest BCUT2D eigenvalue weighted by Crippen LogP contribution is 2.20. The van der Waals surface area contributed by atoms with Crippen LogP contribution in [-0.2, 0) is 22.4 Å². The van der Waals surface area contributed by atoms with Crippen LogP contribution in [0, 0.1) is 0 Å². The first-order valence-corrected chi connectivity index (χ1v) is 12.5. The van der Waals surface area contributed by atoms with Gasteiger partial charge in [0, 0.05) is 34.2 Å². The van der Waals surface area contributed by atoms with Crippen LogP contribution in [0.2, 0.25) is 5.02 Å². The molecule has 4 aromatic rings. The van der Waals surface area contributed by atoms with E-state index >= 15 is 0 Å². The third kappa shape index (κ3) is 7.27. The number of ketones is 1. The van der Waals surface area contributed by atoms with E-state index in [1.807, 2.05) is 0 Å². The molecule has 202 valence electrons. The molecule has 0 aliphatic heterocycles. The fourth-order valence-corrected chi connectivity index (χ4v) is 4.18. The number of rotatable bonds is 11. The fourth-order valence-electron chi connectivity index (χ4n) is 4.00. The molecule has 0 saturated heterocycles. The second-order valence-electron chi connectivity index (χ2n) is 8.91. The Balaban J connectivity index is 1.56. The van der Waals surface area contributed by atoms with Gasteiger partial charge in [0.05, 0.1) is 11.7 Å². The molecular weight excluding hydrogens is 532 g/mol. The number of halogens is 1. The number of nitrogens with two attached hydrogens (primary N) is 1. The summed E-state index contributed by atoms with van der Waals surface area (Å²) >= 11 is 6.16. The van der Waals surface area contributed by atoms with Crippen LogP contribution in [-0.4, -0.2) is 49.0 Å². The van der Waals surface area contributed by atoms with Gasteiger partial charge in [-0.15, -0.1) is 5.10 Å². The van der Waals surface area contributed by atoms with Crippen molar-refractivity contribution in [3.8, 4) is 5.69 Å². The topological polar surface area (TPSA) is 153 Å². The minimum atomic E-state index is -0.911. The van der Waals surface area contributed by atoms with Gasteiger partial charge < -0.3 is 16.2 Å². The summed E-state index contributed by atoms with van der Waals surface area (Å²) in [6.45, 7) is 3.49. The van der Waals surface area contributed by atoms with E-state index in [9.17, 15) is 19.5 Å². The van der Waals surface area contributed by atoms with Crippen LogP contribution in [0.3, 0.4) is 0 Å². The number of primary amides is 1. The Morgan fingerprint density at radius 2 is 1.82 bits per heavy atom. The highest BCUT2D eigenvalue weighted by Gasteiger charge is 2.21. The lowest BCUT2D eigenvalue weighted by molar-refractivity contribution is -0.125. The molecule has 0 bridgehead atoms. The third-order valence-corrected chi connectivity index (χ3v) is 6.26. The SMILES string of the molecule is C=C(O)c1ccc(CC(=O)[C@H](Cc2cccc(C(N)=O)c2)NC(=O)/C=C/c2cc(Cl)ccc2-n2cnnn2)cc1. The summed E-state index contributed by atoms with van der Waals surface area (Å²) in [7, 11) is 0. The maximum atomic E-state index is 13.4. The van der Waals surface area contributed by atoms with Crippen molar-refractivity contribution in [3.05, 3.63) is 119 Å². The molecule has 2 amide bonds. The van der Waals surface area contributed by atoms with E-state index in [0.29, 0.717) is 38.5 Å². The van der Waals surface area contributed by atoms with Crippen molar-refractivity contribution < 1.29 is 19.5 Å². The molecule has 40 heavy (non-hydrogen) atoms. The molecule has 0 fully saturated rings. The standard InChI is InChI=1S/C29H25ClN6O4/c1-18(37)21-7-5-19(6-8-21)15-27(38)25(14-20-3-2-4-23(13-20)29(31)40)33-28(39)12-9-22-16-24(30)10-11-26(22)36-17-32-34-35-36/h2-13,16-17,25,37H,1,14-15H2,(H2,31,40)(H,33,39)/b12-9+/t25-/m0/s1. The van der Waals surface area contributed by atoms with Gasteiger partial charge in [0.15, 0.2) is 5.78 Å². The Morgan fingerprint density at radius 3 is 2.50 bits per heavy atom. The average Bonchev–Trinajstić information content (AvgIpc) is 3.47. The molecule has 4 N–H and O–H groups in total. The molecular formula is C29H25ClN6O4. The van der Waals surface area contributed by atoms with Crippen molar-refractivity contribution in [3.63, 3.8) is 0 Å². The molecule has 10 nitrogen and oxygen atoms in total. The Kier molecular flexibility index (Phi) is 8.82. The number of tetrazole rings is 1. The van der Waals surface area contributed by atoms with Crippen LogP contribution in [0.15, 0.2) is 85.7 Å². The van der Waals surface area contributed by atoms with E-state index in [2.05, 4.69) is 27.4 Å². The largest absolute Gasteiger partial charge is 0.508 e. The van der Waals surface area contributed by atoms with Gasteiger partial charge >= 0.3 is 0 Å². The number of amides is 2. The normalized spacial score (nSPS) is 11.7.